The van der Waals surface area contributed by atoms with Gasteiger partial charge in [0, 0.05) is 5.69 Å². The van der Waals surface area contributed by atoms with Crippen LogP contribution in [0.4, 0.5) is 14.9 Å². The van der Waals surface area contributed by atoms with E-state index in [1.54, 1.807) is 0 Å². The molecule has 0 radical (unpaired) electrons. The van der Waals surface area contributed by atoms with Gasteiger partial charge in [0.25, 0.3) is 0 Å². The van der Waals surface area contributed by atoms with Crippen LogP contribution in [0.2, 0.25) is 5.02 Å². The van der Waals surface area contributed by atoms with Crippen molar-refractivity contribution in [3.05, 3.63) is 58.9 Å². The third kappa shape index (κ3) is 4.65. The number of rotatable bonds is 4. The highest BCUT2D eigenvalue weighted by molar-refractivity contribution is 6.31. The van der Waals surface area contributed by atoms with Crippen LogP contribution in [-0.4, -0.2) is 12.8 Å². The number of benzene rings is 2. The second-order valence-electron chi connectivity index (χ2n) is 4.36. The molecule has 21 heavy (non-hydrogen) atoms. The Hall–Kier alpha value is -2.27. The molecule has 0 unspecified atom stereocenters. The van der Waals surface area contributed by atoms with E-state index in [9.17, 15) is 9.18 Å². The summed E-state index contributed by atoms with van der Waals surface area (Å²) in [7, 11) is 0. The highest BCUT2D eigenvalue weighted by Crippen LogP contribution is 2.19. The van der Waals surface area contributed by atoms with Gasteiger partial charge in [-0.3, -0.25) is 0 Å². The normalized spacial score (nSPS) is 10.0. The van der Waals surface area contributed by atoms with Crippen LogP contribution in [0, 0.1) is 12.7 Å². The fourth-order valence-corrected chi connectivity index (χ4v) is 1.75. The van der Waals surface area contributed by atoms with Crippen molar-refractivity contribution < 1.29 is 13.9 Å². The summed E-state index contributed by atoms with van der Waals surface area (Å²) in [6.07, 6.45) is 0. The SMILES string of the molecule is Cc1ccc(OCNC(=O)Nc2ccc(F)c(Cl)c2)cc1. The maximum atomic E-state index is 13.0. The van der Waals surface area contributed by atoms with E-state index in [0.717, 1.165) is 5.56 Å². The van der Waals surface area contributed by atoms with E-state index in [-0.39, 0.29) is 11.8 Å². The van der Waals surface area contributed by atoms with E-state index < -0.39 is 11.8 Å². The molecule has 4 nitrogen and oxygen atoms in total. The van der Waals surface area contributed by atoms with Gasteiger partial charge < -0.3 is 15.4 Å². The van der Waals surface area contributed by atoms with E-state index in [0.29, 0.717) is 11.4 Å². The van der Waals surface area contributed by atoms with Crippen molar-refractivity contribution in [1.82, 2.24) is 5.32 Å². The monoisotopic (exact) mass is 308 g/mol. The van der Waals surface area contributed by atoms with Crippen molar-refractivity contribution in [2.45, 2.75) is 6.92 Å². The van der Waals surface area contributed by atoms with Gasteiger partial charge in [-0.05, 0) is 37.3 Å². The molecule has 0 fully saturated rings. The first-order valence-electron chi connectivity index (χ1n) is 6.24. The second-order valence-corrected chi connectivity index (χ2v) is 4.77. The fraction of sp³-hybridized carbons (Fsp3) is 0.133. The predicted molar refractivity (Wildman–Crippen MR) is 80.2 cm³/mol. The molecule has 2 rings (SSSR count). The van der Waals surface area contributed by atoms with Gasteiger partial charge in [-0.15, -0.1) is 0 Å². The summed E-state index contributed by atoms with van der Waals surface area (Å²) < 4.78 is 18.3. The molecule has 0 aliphatic rings. The Bertz CT molecular complexity index is 632. The van der Waals surface area contributed by atoms with Crippen molar-refractivity contribution in [1.29, 1.82) is 0 Å². The van der Waals surface area contributed by atoms with E-state index >= 15 is 0 Å². The maximum absolute atomic E-state index is 13.0. The Morgan fingerprint density at radius 2 is 1.95 bits per heavy atom. The molecule has 2 amide bonds. The van der Waals surface area contributed by atoms with Gasteiger partial charge in [0.1, 0.15) is 11.6 Å². The molecule has 2 aromatic rings. The number of halogens is 2. The van der Waals surface area contributed by atoms with E-state index in [1.165, 1.54) is 18.2 Å². The van der Waals surface area contributed by atoms with E-state index in [4.69, 9.17) is 16.3 Å². The Morgan fingerprint density at radius 1 is 1.24 bits per heavy atom. The summed E-state index contributed by atoms with van der Waals surface area (Å²) in [5.74, 6) is 0.121. The lowest BCUT2D eigenvalue weighted by Gasteiger charge is -2.10. The van der Waals surface area contributed by atoms with Crippen LogP contribution in [0.5, 0.6) is 5.75 Å². The molecule has 0 bridgehead atoms. The van der Waals surface area contributed by atoms with Gasteiger partial charge in [-0.2, -0.15) is 0 Å². The largest absolute Gasteiger partial charge is 0.473 e. The Labute approximate surface area is 126 Å². The molecule has 0 aromatic heterocycles. The van der Waals surface area contributed by atoms with Gasteiger partial charge in [-0.1, -0.05) is 29.3 Å². The lowest BCUT2D eigenvalue weighted by atomic mass is 10.2. The number of anilines is 1. The Morgan fingerprint density at radius 3 is 2.62 bits per heavy atom. The molecule has 0 spiro atoms. The van der Waals surface area contributed by atoms with E-state index in [1.807, 2.05) is 31.2 Å². The minimum Gasteiger partial charge on any atom is -0.473 e. The maximum Gasteiger partial charge on any atom is 0.321 e. The lowest BCUT2D eigenvalue weighted by molar-refractivity contribution is 0.234. The number of amides is 2. The van der Waals surface area contributed by atoms with Crippen LogP contribution in [-0.2, 0) is 0 Å². The van der Waals surface area contributed by atoms with Crippen LogP contribution in [0.25, 0.3) is 0 Å². The summed E-state index contributed by atoms with van der Waals surface area (Å²) in [5.41, 5.74) is 1.52. The molecular weight excluding hydrogens is 295 g/mol. The first-order valence-corrected chi connectivity index (χ1v) is 6.62. The van der Waals surface area contributed by atoms with Crippen molar-refractivity contribution in [2.24, 2.45) is 0 Å². The van der Waals surface area contributed by atoms with Gasteiger partial charge >= 0.3 is 6.03 Å². The number of carbonyl (C=O) groups is 1. The van der Waals surface area contributed by atoms with Crippen LogP contribution >= 0.6 is 11.6 Å². The number of ether oxygens (including phenoxy) is 1. The minimum absolute atomic E-state index is 0.0177. The van der Waals surface area contributed by atoms with Crippen LogP contribution < -0.4 is 15.4 Å². The van der Waals surface area contributed by atoms with Gasteiger partial charge in [0.15, 0.2) is 6.73 Å². The molecule has 0 saturated carbocycles. The van der Waals surface area contributed by atoms with Crippen molar-refractivity contribution >= 4 is 23.3 Å². The zero-order valence-electron chi connectivity index (χ0n) is 11.3. The zero-order valence-corrected chi connectivity index (χ0v) is 12.1. The molecule has 110 valence electrons. The highest BCUT2D eigenvalue weighted by Gasteiger charge is 2.04. The number of aryl methyl sites for hydroxylation is 1. The predicted octanol–water partition coefficient (Wildman–Crippen LogP) is 3.95. The van der Waals surface area contributed by atoms with Gasteiger partial charge in [0.05, 0.1) is 5.02 Å². The summed E-state index contributed by atoms with van der Waals surface area (Å²) >= 11 is 5.62. The topological polar surface area (TPSA) is 50.4 Å². The number of hydrogen-bond donors (Lipinski definition) is 2. The first-order chi connectivity index (χ1) is 10.0. The average molecular weight is 309 g/mol. The summed E-state index contributed by atoms with van der Waals surface area (Å²) in [6, 6.07) is 10.9. The lowest BCUT2D eigenvalue weighted by Crippen LogP contribution is -2.32. The number of nitrogens with one attached hydrogen (secondary N) is 2. The highest BCUT2D eigenvalue weighted by atomic mass is 35.5. The third-order valence-corrected chi connectivity index (χ3v) is 2.96. The Balaban J connectivity index is 1.79. The van der Waals surface area contributed by atoms with Gasteiger partial charge in [-0.25, -0.2) is 9.18 Å². The summed E-state index contributed by atoms with van der Waals surface area (Å²) in [5, 5.41) is 4.99. The van der Waals surface area contributed by atoms with Crippen LogP contribution in [0.3, 0.4) is 0 Å². The molecule has 2 aromatic carbocycles. The summed E-state index contributed by atoms with van der Waals surface area (Å²) in [6.45, 7) is 1.99. The third-order valence-electron chi connectivity index (χ3n) is 2.67. The quantitative estimate of drug-likeness (QED) is 0.840. The standard InChI is InChI=1S/C15H14ClFN2O2/c1-10-2-5-12(6-3-10)21-9-18-15(20)19-11-4-7-14(17)13(16)8-11/h2-8H,9H2,1H3,(H2,18,19,20). The molecule has 2 N–H and O–H groups in total. The zero-order chi connectivity index (χ0) is 15.2. The van der Waals surface area contributed by atoms with Crippen LogP contribution in [0.1, 0.15) is 5.56 Å². The van der Waals surface area contributed by atoms with Crippen LogP contribution in [0.15, 0.2) is 42.5 Å². The number of urea groups is 1. The molecule has 0 saturated heterocycles. The van der Waals surface area contributed by atoms with Crippen molar-refractivity contribution in [3.63, 3.8) is 0 Å². The van der Waals surface area contributed by atoms with Crippen molar-refractivity contribution in [2.75, 3.05) is 12.0 Å². The molecule has 0 heterocycles. The smallest absolute Gasteiger partial charge is 0.321 e. The first kappa shape index (κ1) is 15.1. The summed E-state index contributed by atoms with van der Waals surface area (Å²) in [4.78, 5) is 11.6. The number of carbonyl (C=O) groups excluding carboxylic acids is 1. The molecule has 0 aliphatic carbocycles. The molecule has 0 aliphatic heterocycles. The second kappa shape index (κ2) is 6.95. The molecular formula is C15H14ClFN2O2. The van der Waals surface area contributed by atoms with Crippen molar-refractivity contribution in [3.8, 4) is 5.75 Å². The fourth-order valence-electron chi connectivity index (χ4n) is 1.57. The Kier molecular flexibility index (Phi) is 5.00. The van der Waals surface area contributed by atoms with Gasteiger partial charge in [0.2, 0.25) is 0 Å². The average Bonchev–Trinajstić information content (AvgIpc) is 2.45. The minimum atomic E-state index is -0.537. The molecule has 0 atom stereocenters. The number of hydrogen-bond acceptors (Lipinski definition) is 2. The molecule has 6 heteroatoms. The van der Waals surface area contributed by atoms with E-state index in [2.05, 4.69) is 10.6 Å².